The summed E-state index contributed by atoms with van der Waals surface area (Å²) in [5.74, 6) is 0.361. The minimum Gasteiger partial charge on any atom is -0.393 e. The van der Waals surface area contributed by atoms with Gasteiger partial charge in [-0.05, 0) is 43.2 Å². The Bertz CT molecular complexity index is 467. The zero-order valence-corrected chi connectivity index (χ0v) is 12.0. The van der Waals surface area contributed by atoms with E-state index in [-0.39, 0.29) is 12.0 Å². The van der Waals surface area contributed by atoms with Crippen molar-refractivity contribution in [1.82, 2.24) is 5.32 Å². The third-order valence-corrected chi connectivity index (χ3v) is 3.90. The first kappa shape index (κ1) is 14.8. The fourth-order valence-corrected chi connectivity index (χ4v) is 2.73. The molecule has 0 spiro atoms. The van der Waals surface area contributed by atoms with Gasteiger partial charge in [-0.25, -0.2) is 0 Å². The highest BCUT2D eigenvalue weighted by atomic mass is 16.3. The molecule has 1 aliphatic rings. The van der Waals surface area contributed by atoms with Crippen LogP contribution in [0.5, 0.6) is 0 Å². The molecular weight excluding hydrogens is 250 g/mol. The number of amides is 1. The van der Waals surface area contributed by atoms with Crippen LogP contribution < -0.4 is 5.32 Å². The molecule has 108 valence electrons. The van der Waals surface area contributed by atoms with E-state index in [0.29, 0.717) is 12.5 Å². The van der Waals surface area contributed by atoms with Gasteiger partial charge < -0.3 is 10.4 Å². The number of hydrogen-bond donors (Lipinski definition) is 2. The van der Waals surface area contributed by atoms with E-state index < -0.39 is 0 Å². The number of allylic oxidation sites excluding steroid dienone is 1. The molecule has 1 aromatic rings. The van der Waals surface area contributed by atoms with Gasteiger partial charge in [-0.2, -0.15) is 0 Å². The summed E-state index contributed by atoms with van der Waals surface area (Å²) in [6.45, 7) is 2.60. The number of aliphatic hydroxyl groups is 1. The second-order valence-corrected chi connectivity index (χ2v) is 5.62. The number of nitrogens with one attached hydrogen (secondary N) is 1. The SMILES string of the molecule is CC(=CC(=O)NCC1CCCC(O)C1)c1ccccc1. The summed E-state index contributed by atoms with van der Waals surface area (Å²) in [6.07, 6.45) is 5.32. The predicted octanol–water partition coefficient (Wildman–Crippen LogP) is 2.76. The Hall–Kier alpha value is -1.61. The van der Waals surface area contributed by atoms with E-state index in [9.17, 15) is 9.90 Å². The van der Waals surface area contributed by atoms with Crippen LogP contribution in [-0.2, 0) is 4.79 Å². The van der Waals surface area contributed by atoms with Crippen LogP contribution in [0.1, 0.15) is 38.2 Å². The van der Waals surface area contributed by atoms with Crippen molar-refractivity contribution < 1.29 is 9.90 Å². The topological polar surface area (TPSA) is 49.3 Å². The molecule has 0 bridgehead atoms. The lowest BCUT2D eigenvalue weighted by atomic mass is 9.87. The van der Waals surface area contributed by atoms with E-state index in [4.69, 9.17) is 0 Å². The smallest absolute Gasteiger partial charge is 0.244 e. The van der Waals surface area contributed by atoms with E-state index in [2.05, 4.69) is 5.32 Å². The van der Waals surface area contributed by atoms with E-state index in [1.165, 1.54) is 0 Å². The summed E-state index contributed by atoms with van der Waals surface area (Å²) in [4.78, 5) is 11.9. The summed E-state index contributed by atoms with van der Waals surface area (Å²) < 4.78 is 0. The predicted molar refractivity (Wildman–Crippen MR) is 81.1 cm³/mol. The molecule has 0 aromatic heterocycles. The van der Waals surface area contributed by atoms with Gasteiger partial charge in [0.25, 0.3) is 0 Å². The molecular formula is C17H23NO2. The Morgan fingerprint density at radius 1 is 1.35 bits per heavy atom. The zero-order valence-electron chi connectivity index (χ0n) is 12.0. The van der Waals surface area contributed by atoms with Crippen LogP contribution in [0, 0.1) is 5.92 Å². The molecule has 1 fully saturated rings. The first-order valence-electron chi connectivity index (χ1n) is 7.35. The molecule has 2 rings (SSSR count). The van der Waals surface area contributed by atoms with Gasteiger partial charge in [-0.15, -0.1) is 0 Å². The van der Waals surface area contributed by atoms with Crippen molar-refractivity contribution in [3.05, 3.63) is 42.0 Å². The van der Waals surface area contributed by atoms with Gasteiger partial charge in [0.05, 0.1) is 6.10 Å². The highest BCUT2D eigenvalue weighted by molar-refractivity contribution is 5.94. The molecule has 1 aliphatic carbocycles. The lowest BCUT2D eigenvalue weighted by Gasteiger charge is -2.25. The van der Waals surface area contributed by atoms with Gasteiger partial charge in [-0.3, -0.25) is 4.79 Å². The first-order chi connectivity index (χ1) is 9.65. The average molecular weight is 273 g/mol. The Kier molecular flexibility index (Phi) is 5.36. The van der Waals surface area contributed by atoms with Gasteiger partial charge in [-0.1, -0.05) is 36.8 Å². The second kappa shape index (κ2) is 7.25. The maximum Gasteiger partial charge on any atom is 0.244 e. The van der Waals surface area contributed by atoms with Crippen molar-refractivity contribution in [2.75, 3.05) is 6.54 Å². The van der Waals surface area contributed by atoms with E-state index in [0.717, 1.165) is 36.8 Å². The summed E-state index contributed by atoms with van der Waals surface area (Å²) in [6, 6.07) is 9.89. The fraction of sp³-hybridized carbons (Fsp3) is 0.471. The van der Waals surface area contributed by atoms with Crippen LogP contribution in [0.3, 0.4) is 0 Å². The van der Waals surface area contributed by atoms with Gasteiger partial charge in [0.2, 0.25) is 5.91 Å². The summed E-state index contributed by atoms with van der Waals surface area (Å²) >= 11 is 0. The van der Waals surface area contributed by atoms with Gasteiger partial charge in [0.15, 0.2) is 0 Å². The monoisotopic (exact) mass is 273 g/mol. The lowest BCUT2D eigenvalue weighted by Crippen LogP contribution is -2.32. The van der Waals surface area contributed by atoms with Gasteiger partial charge in [0, 0.05) is 12.6 Å². The van der Waals surface area contributed by atoms with E-state index in [1.807, 2.05) is 37.3 Å². The average Bonchev–Trinajstić information content (AvgIpc) is 2.46. The summed E-state index contributed by atoms with van der Waals surface area (Å²) in [7, 11) is 0. The summed E-state index contributed by atoms with van der Waals surface area (Å²) in [5, 5.41) is 12.6. The third-order valence-electron chi connectivity index (χ3n) is 3.90. The fourth-order valence-electron chi connectivity index (χ4n) is 2.73. The molecule has 1 saturated carbocycles. The third kappa shape index (κ3) is 4.49. The highest BCUT2D eigenvalue weighted by Crippen LogP contribution is 2.23. The van der Waals surface area contributed by atoms with Crippen molar-refractivity contribution in [3.8, 4) is 0 Å². The Labute approximate surface area is 120 Å². The molecule has 0 radical (unpaired) electrons. The molecule has 1 amide bonds. The van der Waals surface area contributed by atoms with Crippen LogP contribution in [-0.4, -0.2) is 23.7 Å². The number of hydrogen-bond acceptors (Lipinski definition) is 2. The Balaban J connectivity index is 1.83. The molecule has 3 heteroatoms. The molecule has 0 saturated heterocycles. The lowest BCUT2D eigenvalue weighted by molar-refractivity contribution is -0.116. The largest absolute Gasteiger partial charge is 0.393 e. The first-order valence-corrected chi connectivity index (χ1v) is 7.35. The molecule has 2 unspecified atom stereocenters. The molecule has 2 atom stereocenters. The van der Waals surface area contributed by atoms with Gasteiger partial charge >= 0.3 is 0 Å². The molecule has 3 nitrogen and oxygen atoms in total. The maximum atomic E-state index is 11.9. The Morgan fingerprint density at radius 2 is 2.10 bits per heavy atom. The number of carbonyl (C=O) groups is 1. The van der Waals surface area contributed by atoms with E-state index >= 15 is 0 Å². The van der Waals surface area contributed by atoms with Crippen molar-refractivity contribution >= 4 is 11.5 Å². The zero-order chi connectivity index (χ0) is 14.4. The van der Waals surface area contributed by atoms with Crippen LogP contribution in [0.25, 0.3) is 5.57 Å². The molecule has 20 heavy (non-hydrogen) atoms. The summed E-state index contributed by atoms with van der Waals surface area (Å²) in [5.41, 5.74) is 2.03. The van der Waals surface area contributed by atoms with Crippen LogP contribution in [0.4, 0.5) is 0 Å². The molecule has 1 aromatic carbocycles. The molecule has 0 heterocycles. The number of benzene rings is 1. The standard InChI is InChI=1S/C17H23NO2/c1-13(15-7-3-2-4-8-15)10-17(20)18-12-14-6-5-9-16(19)11-14/h2-4,7-8,10,14,16,19H,5-6,9,11-12H2,1H3,(H,18,20). The minimum absolute atomic E-state index is 0.0496. The van der Waals surface area contributed by atoms with Crippen LogP contribution in [0.2, 0.25) is 0 Å². The quantitative estimate of drug-likeness (QED) is 0.829. The van der Waals surface area contributed by atoms with Crippen molar-refractivity contribution in [3.63, 3.8) is 0 Å². The van der Waals surface area contributed by atoms with Crippen molar-refractivity contribution in [2.45, 2.75) is 38.7 Å². The number of aliphatic hydroxyl groups excluding tert-OH is 1. The Morgan fingerprint density at radius 3 is 2.80 bits per heavy atom. The molecule has 0 aliphatic heterocycles. The van der Waals surface area contributed by atoms with Crippen LogP contribution >= 0.6 is 0 Å². The second-order valence-electron chi connectivity index (χ2n) is 5.62. The number of carbonyl (C=O) groups excluding carboxylic acids is 1. The minimum atomic E-state index is -0.188. The van der Waals surface area contributed by atoms with Gasteiger partial charge in [0.1, 0.15) is 0 Å². The maximum absolute atomic E-state index is 11.9. The van der Waals surface area contributed by atoms with Crippen molar-refractivity contribution in [1.29, 1.82) is 0 Å². The van der Waals surface area contributed by atoms with Crippen LogP contribution in [0.15, 0.2) is 36.4 Å². The normalized spacial score (nSPS) is 23.4. The molecule has 2 N–H and O–H groups in total. The van der Waals surface area contributed by atoms with E-state index in [1.54, 1.807) is 6.08 Å². The highest BCUT2D eigenvalue weighted by Gasteiger charge is 2.20. The number of rotatable bonds is 4. The van der Waals surface area contributed by atoms with Crippen molar-refractivity contribution in [2.24, 2.45) is 5.92 Å².